The number of halogens is 1. The molecule has 3 unspecified atom stereocenters. The van der Waals surface area contributed by atoms with Gasteiger partial charge in [0, 0.05) is 48.7 Å². The van der Waals surface area contributed by atoms with E-state index in [1.807, 2.05) is 39.0 Å². The van der Waals surface area contributed by atoms with Crippen LogP contribution in [0, 0.1) is 38.4 Å². The third-order valence-corrected chi connectivity index (χ3v) is 6.50. The van der Waals surface area contributed by atoms with Crippen LogP contribution in [0.5, 0.6) is 0 Å². The van der Waals surface area contributed by atoms with E-state index in [9.17, 15) is 9.18 Å². The molecule has 3 atom stereocenters. The van der Waals surface area contributed by atoms with Crippen molar-refractivity contribution in [3.63, 3.8) is 0 Å². The smallest absolute Gasteiger partial charge is 0.225 e. The largest absolute Gasteiger partial charge is 0.340 e. The van der Waals surface area contributed by atoms with E-state index in [2.05, 4.69) is 25.2 Å². The second-order valence-electron chi connectivity index (χ2n) is 8.91. The topological polar surface area (TPSA) is 71.0 Å². The van der Waals surface area contributed by atoms with Gasteiger partial charge in [0.1, 0.15) is 5.82 Å². The molecule has 2 aromatic heterocycles. The average molecular weight is 432 g/mol. The average Bonchev–Trinajstić information content (AvgIpc) is 3.34. The first-order chi connectivity index (χ1) is 15.4. The van der Waals surface area contributed by atoms with Crippen molar-refractivity contribution in [1.82, 2.24) is 20.3 Å². The summed E-state index contributed by atoms with van der Waals surface area (Å²) in [5, 5.41) is 3.36. The molecule has 2 saturated heterocycles. The van der Waals surface area contributed by atoms with Gasteiger partial charge in [-0.1, -0.05) is 18.2 Å². The number of nitrogens with one attached hydrogen (secondary N) is 1. The molecule has 2 aliphatic rings. The Bertz CT molecular complexity index is 1160. The van der Waals surface area contributed by atoms with Gasteiger partial charge in [-0.25, -0.2) is 14.4 Å². The number of ketones is 1. The van der Waals surface area contributed by atoms with Crippen LogP contribution in [0.3, 0.4) is 0 Å². The van der Waals surface area contributed by atoms with Crippen molar-refractivity contribution in [2.75, 3.05) is 24.5 Å². The molecule has 0 spiro atoms. The lowest BCUT2D eigenvalue weighted by Crippen LogP contribution is -2.39. The number of fused-ring (bicyclic) bond motifs is 1. The Kier molecular flexibility index (Phi) is 5.21. The lowest BCUT2D eigenvalue weighted by atomic mass is 9.87. The van der Waals surface area contributed by atoms with Crippen molar-refractivity contribution in [3.8, 4) is 11.3 Å². The van der Waals surface area contributed by atoms with Gasteiger partial charge in [-0.3, -0.25) is 9.78 Å². The first-order valence-electron chi connectivity index (χ1n) is 11.0. The van der Waals surface area contributed by atoms with E-state index in [4.69, 9.17) is 0 Å². The number of aromatic nitrogens is 3. The van der Waals surface area contributed by atoms with Crippen molar-refractivity contribution in [3.05, 3.63) is 70.9 Å². The minimum Gasteiger partial charge on any atom is -0.340 e. The number of anilines is 1. The number of aryl methyl sites for hydroxylation is 3. The molecule has 4 heterocycles. The van der Waals surface area contributed by atoms with Crippen LogP contribution in [0.2, 0.25) is 0 Å². The van der Waals surface area contributed by atoms with Gasteiger partial charge in [0.2, 0.25) is 5.95 Å². The minimum absolute atomic E-state index is 0.0744. The summed E-state index contributed by atoms with van der Waals surface area (Å²) in [5.41, 5.74) is 4.12. The molecule has 1 N–H and O–H groups in total. The van der Waals surface area contributed by atoms with E-state index in [1.165, 1.54) is 6.07 Å². The van der Waals surface area contributed by atoms with E-state index in [0.29, 0.717) is 29.7 Å². The molecule has 0 aliphatic carbocycles. The van der Waals surface area contributed by atoms with Crippen molar-refractivity contribution >= 4 is 11.7 Å². The standard InChI is InChI=1S/C25H26FN5O/c1-14-7-8-21(27-10-14)18-5-4-6-20(26)22(18)24(32)23-19-13-31(12-17(19)11-28-23)25-29-15(2)9-16(3)30-25/h4-10,17,19,23,28H,11-13H2,1-3H3. The molecular formula is C25H26FN5O. The zero-order valence-corrected chi connectivity index (χ0v) is 18.5. The molecule has 2 fully saturated rings. The Morgan fingerprint density at radius 3 is 2.59 bits per heavy atom. The van der Waals surface area contributed by atoms with Crippen molar-refractivity contribution in [1.29, 1.82) is 0 Å². The van der Waals surface area contributed by atoms with Crippen molar-refractivity contribution in [2.45, 2.75) is 26.8 Å². The Labute approximate surface area is 186 Å². The summed E-state index contributed by atoms with van der Waals surface area (Å²) in [6.07, 6.45) is 1.73. The summed E-state index contributed by atoms with van der Waals surface area (Å²) in [5.74, 6) is 0.355. The van der Waals surface area contributed by atoms with Gasteiger partial charge in [-0.15, -0.1) is 0 Å². The fourth-order valence-electron chi connectivity index (χ4n) is 4.99. The van der Waals surface area contributed by atoms with E-state index >= 15 is 0 Å². The monoisotopic (exact) mass is 431 g/mol. The van der Waals surface area contributed by atoms with E-state index in [0.717, 1.165) is 30.0 Å². The van der Waals surface area contributed by atoms with Gasteiger partial charge < -0.3 is 10.2 Å². The Morgan fingerprint density at radius 1 is 1.09 bits per heavy atom. The Morgan fingerprint density at radius 2 is 1.88 bits per heavy atom. The van der Waals surface area contributed by atoms with Crippen LogP contribution in [0.1, 0.15) is 27.3 Å². The third kappa shape index (κ3) is 3.66. The van der Waals surface area contributed by atoms with E-state index < -0.39 is 11.9 Å². The maximum absolute atomic E-state index is 15.0. The maximum atomic E-state index is 15.0. The quantitative estimate of drug-likeness (QED) is 0.638. The Balaban J connectivity index is 1.44. The number of nitrogens with zero attached hydrogens (tertiary/aromatic N) is 4. The van der Waals surface area contributed by atoms with Gasteiger partial charge in [0.25, 0.3) is 0 Å². The van der Waals surface area contributed by atoms with Crippen LogP contribution >= 0.6 is 0 Å². The molecule has 164 valence electrons. The van der Waals surface area contributed by atoms with Crippen LogP contribution < -0.4 is 10.2 Å². The number of carbonyl (C=O) groups excluding carboxylic acids is 1. The number of rotatable bonds is 4. The van der Waals surface area contributed by atoms with E-state index in [1.54, 1.807) is 18.3 Å². The summed E-state index contributed by atoms with van der Waals surface area (Å²) in [7, 11) is 0. The predicted octanol–water partition coefficient (Wildman–Crippen LogP) is 3.51. The highest BCUT2D eigenvalue weighted by Crippen LogP contribution is 2.36. The van der Waals surface area contributed by atoms with Gasteiger partial charge in [-0.05, 0) is 50.5 Å². The van der Waals surface area contributed by atoms with Crippen LogP contribution in [0.25, 0.3) is 11.3 Å². The fraction of sp³-hybridized carbons (Fsp3) is 0.360. The second kappa shape index (κ2) is 8.06. The molecule has 3 aromatic rings. The molecule has 0 amide bonds. The van der Waals surface area contributed by atoms with Crippen LogP contribution in [0.4, 0.5) is 10.3 Å². The zero-order chi connectivity index (χ0) is 22.4. The summed E-state index contributed by atoms with van der Waals surface area (Å²) in [6.45, 7) is 8.04. The molecule has 5 rings (SSSR count). The van der Waals surface area contributed by atoms with Crippen molar-refractivity contribution in [2.24, 2.45) is 11.8 Å². The number of benzene rings is 1. The Hall–Kier alpha value is -3.19. The number of hydrogen-bond donors (Lipinski definition) is 1. The van der Waals surface area contributed by atoms with Crippen molar-refractivity contribution < 1.29 is 9.18 Å². The maximum Gasteiger partial charge on any atom is 0.225 e. The minimum atomic E-state index is -0.507. The second-order valence-corrected chi connectivity index (χ2v) is 8.91. The first kappa shape index (κ1) is 20.7. The van der Waals surface area contributed by atoms with Crippen LogP contribution in [0.15, 0.2) is 42.6 Å². The molecule has 7 heteroatoms. The zero-order valence-electron chi connectivity index (χ0n) is 18.5. The molecular weight excluding hydrogens is 405 g/mol. The first-order valence-corrected chi connectivity index (χ1v) is 11.0. The van der Waals surface area contributed by atoms with Gasteiger partial charge in [0.05, 0.1) is 17.3 Å². The highest BCUT2D eigenvalue weighted by molar-refractivity contribution is 6.06. The molecule has 0 saturated carbocycles. The van der Waals surface area contributed by atoms with Gasteiger partial charge in [0.15, 0.2) is 5.78 Å². The summed E-state index contributed by atoms with van der Waals surface area (Å²) >= 11 is 0. The molecule has 0 bridgehead atoms. The highest BCUT2D eigenvalue weighted by atomic mass is 19.1. The third-order valence-electron chi connectivity index (χ3n) is 6.50. The van der Waals surface area contributed by atoms with Crippen LogP contribution in [-0.4, -0.2) is 46.4 Å². The highest BCUT2D eigenvalue weighted by Gasteiger charge is 2.47. The summed E-state index contributed by atoms with van der Waals surface area (Å²) < 4.78 is 15.0. The number of carbonyl (C=O) groups is 1. The SMILES string of the molecule is Cc1ccc(-c2cccc(F)c2C(=O)C2NCC3CN(c4nc(C)cc(C)n4)CC32)nc1. The molecule has 1 aromatic carbocycles. The summed E-state index contributed by atoms with van der Waals surface area (Å²) in [6, 6.07) is 10.0. The predicted molar refractivity (Wildman–Crippen MR) is 121 cm³/mol. The van der Waals surface area contributed by atoms with E-state index in [-0.39, 0.29) is 17.3 Å². The summed E-state index contributed by atoms with van der Waals surface area (Å²) in [4.78, 5) is 29.4. The van der Waals surface area contributed by atoms with Crippen LogP contribution in [-0.2, 0) is 0 Å². The number of hydrogen-bond acceptors (Lipinski definition) is 6. The van der Waals surface area contributed by atoms with Gasteiger partial charge in [-0.2, -0.15) is 0 Å². The van der Waals surface area contributed by atoms with Gasteiger partial charge >= 0.3 is 0 Å². The fourth-order valence-corrected chi connectivity index (χ4v) is 4.99. The molecule has 2 aliphatic heterocycles. The normalized spacial score (nSPS) is 22.2. The number of Topliss-reactive ketones (excluding diaryl/α,β-unsaturated/α-hetero) is 1. The lowest BCUT2D eigenvalue weighted by molar-refractivity contribution is 0.0927. The molecule has 6 nitrogen and oxygen atoms in total. The number of pyridine rings is 1. The molecule has 0 radical (unpaired) electrons. The lowest BCUT2D eigenvalue weighted by Gasteiger charge is -2.22. The molecule has 32 heavy (non-hydrogen) atoms.